The van der Waals surface area contributed by atoms with Gasteiger partial charge in [-0.05, 0) is 117 Å². The topological polar surface area (TPSA) is 69.5 Å². The Balaban J connectivity index is 1.30. The number of benzene rings is 10. The summed E-state index contributed by atoms with van der Waals surface area (Å²) in [7, 11) is 0. The lowest BCUT2D eigenvalue weighted by Gasteiger charge is -2.29. The minimum Gasteiger partial charge on any atom is -0.454 e. The van der Waals surface area contributed by atoms with Gasteiger partial charge < -0.3 is 22.7 Å². The van der Waals surface area contributed by atoms with Crippen LogP contribution in [0.5, 0.6) is 0 Å². The maximum absolute atomic E-state index is 13.0. The summed E-state index contributed by atoms with van der Waals surface area (Å²) in [6, 6.07) is 75.3. The molecule has 0 amide bonds. The highest BCUT2D eigenvalue weighted by Gasteiger charge is 2.36. The van der Waals surface area contributed by atoms with Crippen molar-refractivity contribution in [3.05, 3.63) is 234 Å². The number of furan rings is 1. The number of nitriles is 1. The Bertz CT molecular complexity index is 5030. The quantitative estimate of drug-likeness (QED) is 0.172. The number of pyridine rings is 1. The van der Waals surface area contributed by atoms with E-state index in [2.05, 4.69) is 240 Å². The summed E-state index contributed by atoms with van der Waals surface area (Å²) in [4.78, 5) is 4.97. The van der Waals surface area contributed by atoms with Crippen molar-refractivity contribution in [1.82, 2.24) is 23.3 Å². The Kier molecular flexibility index (Phi) is 8.95. The zero-order valence-corrected chi connectivity index (χ0v) is 42.7. The Morgan fingerprint density at radius 1 is 0.364 bits per heavy atom. The molecule has 0 saturated heterocycles. The largest absolute Gasteiger partial charge is 0.454 e. The van der Waals surface area contributed by atoms with Gasteiger partial charge in [-0.3, -0.25) is 4.98 Å². The molecule has 0 saturated carbocycles. The van der Waals surface area contributed by atoms with E-state index in [-0.39, 0.29) is 0 Å². The van der Waals surface area contributed by atoms with Crippen LogP contribution in [0.15, 0.2) is 211 Å². The van der Waals surface area contributed by atoms with Crippen LogP contribution in [0.4, 0.5) is 0 Å². The first-order chi connectivity index (χ1) is 37.8. The molecule has 0 aliphatic carbocycles. The first kappa shape index (κ1) is 43.3. The Labute approximate surface area is 441 Å². The number of rotatable bonds is 5. The van der Waals surface area contributed by atoms with E-state index in [1.54, 1.807) is 0 Å². The lowest BCUT2D eigenvalue weighted by Crippen LogP contribution is -2.16. The van der Waals surface area contributed by atoms with Gasteiger partial charge in [0.15, 0.2) is 5.58 Å². The van der Waals surface area contributed by atoms with Gasteiger partial charge in [-0.15, -0.1) is 0 Å². The van der Waals surface area contributed by atoms with Gasteiger partial charge in [-0.1, -0.05) is 133 Å². The first-order valence-electron chi connectivity index (χ1n) is 26.3. The molecule has 77 heavy (non-hydrogen) atoms. The van der Waals surface area contributed by atoms with Crippen LogP contribution in [-0.2, 0) is 0 Å². The van der Waals surface area contributed by atoms with E-state index in [0.717, 1.165) is 154 Å². The molecule has 7 heteroatoms. The predicted molar refractivity (Wildman–Crippen MR) is 318 cm³/mol. The van der Waals surface area contributed by atoms with Crippen molar-refractivity contribution in [3.8, 4) is 39.9 Å². The zero-order valence-electron chi connectivity index (χ0n) is 42.7. The van der Waals surface area contributed by atoms with E-state index in [4.69, 9.17) is 9.40 Å². The van der Waals surface area contributed by atoms with Crippen molar-refractivity contribution in [3.63, 3.8) is 0 Å². The summed E-state index contributed by atoms with van der Waals surface area (Å²) in [5.41, 5.74) is 20.2. The molecular weight excluding hydrogens is 941 g/mol. The van der Waals surface area contributed by atoms with Gasteiger partial charge in [-0.2, -0.15) is 5.26 Å². The van der Waals surface area contributed by atoms with Crippen LogP contribution in [0.1, 0.15) is 27.8 Å². The van der Waals surface area contributed by atoms with E-state index in [9.17, 15) is 5.26 Å². The second-order valence-corrected chi connectivity index (χ2v) is 20.9. The average Bonchev–Trinajstić information content (AvgIpc) is 4.37. The fourth-order valence-corrected chi connectivity index (χ4v) is 13.0. The molecular formula is C70H46N6O. The summed E-state index contributed by atoms with van der Waals surface area (Å²) >= 11 is 0. The molecule has 0 bridgehead atoms. The molecule has 0 unspecified atom stereocenters. The highest BCUT2D eigenvalue weighted by Crippen LogP contribution is 2.53. The smallest absolute Gasteiger partial charge is 0.153 e. The van der Waals surface area contributed by atoms with Gasteiger partial charge in [0.1, 0.15) is 22.7 Å². The molecule has 16 rings (SSSR count). The normalized spacial score (nSPS) is 12.1. The minimum atomic E-state index is 0.516. The number of fused-ring (bicyclic) bond motifs is 15. The number of aryl methyl sites for hydroxylation is 4. The molecule has 6 aromatic heterocycles. The standard InChI is InChI=1S/C70H46N6O/c1-40-26-30-48-44-15-5-9-21-55(44)73(59(48)35-40)66-54(39-71)67(74-56-22-10-6-16-45(56)49-31-27-41(2)36-60(49)74)69(76-58-24-12-8-18-47(58)51-33-29-43(4)38-62(51)76)64(52-19-13-20-53-65-63(77-70(52)53)25-14-34-72-65)68(66)75-57-23-11-7-17-46(57)50-32-28-42(3)37-61(50)75/h5-38H,1-4H3. The maximum atomic E-state index is 13.0. The summed E-state index contributed by atoms with van der Waals surface area (Å²) in [5.74, 6) is 0. The molecule has 0 fully saturated rings. The third kappa shape index (κ3) is 5.92. The van der Waals surface area contributed by atoms with Gasteiger partial charge >= 0.3 is 0 Å². The van der Waals surface area contributed by atoms with E-state index in [0.29, 0.717) is 16.7 Å². The minimum absolute atomic E-state index is 0.516. The van der Waals surface area contributed by atoms with E-state index >= 15 is 0 Å². The van der Waals surface area contributed by atoms with Crippen molar-refractivity contribution in [1.29, 1.82) is 5.26 Å². The van der Waals surface area contributed by atoms with Gasteiger partial charge in [0.05, 0.1) is 66.9 Å². The molecule has 0 spiro atoms. The monoisotopic (exact) mass is 986 g/mol. The molecule has 0 aliphatic heterocycles. The van der Waals surface area contributed by atoms with Crippen molar-refractivity contribution in [2.75, 3.05) is 0 Å². The van der Waals surface area contributed by atoms with Crippen molar-refractivity contribution >= 4 is 109 Å². The van der Waals surface area contributed by atoms with Crippen LogP contribution < -0.4 is 0 Å². The molecule has 6 heterocycles. The highest BCUT2D eigenvalue weighted by atomic mass is 16.3. The third-order valence-electron chi connectivity index (χ3n) is 16.2. The van der Waals surface area contributed by atoms with Crippen LogP contribution in [-0.4, -0.2) is 23.3 Å². The lowest BCUT2D eigenvalue weighted by atomic mass is 9.92. The van der Waals surface area contributed by atoms with Crippen molar-refractivity contribution in [2.45, 2.75) is 27.7 Å². The number of hydrogen-bond acceptors (Lipinski definition) is 3. The number of hydrogen-bond donors (Lipinski definition) is 0. The number of para-hydroxylation sites is 5. The first-order valence-corrected chi connectivity index (χ1v) is 26.3. The Hall–Kier alpha value is -10.2. The van der Waals surface area contributed by atoms with E-state index < -0.39 is 0 Å². The molecule has 0 N–H and O–H groups in total. The molecule has 7 nitrogen and oxygen atoms in total. The zero-order chi connectivity index (χ0) is 51.4. The van der Waals surface area contributed by atoms with Gasteiger partial charge in [-0.25, -0.2) is 0 Å². The molecule has 0 radical (unpaired) electrons. The fourth-order valence-electron chi connectivity index (χ4n) is 13.0. The van der Waals surface area contributed by atoms with Crippen LogP contribution >= 0.6 is 0 Å². The van der Waals surface area contributed by atoms with Crippen LogP contribution in [0.25, 0.3) is 143 Å². The van der Waals surface area contributed by atoms with Crippen molar-refractivity contribution < 1.29 is 4.42 Å². The summed E-state index contributed by atoms with van der Waals surface area (Å²) < 4.78 is 17.0. The average molecular weight is 987 g/mol. The predicted octanol–water partition coefficient (Wildman–Crippen LogP) is 18.1. The molecule has 362 valence electrons. The van der Waals surface area contributed by atoms with Gasteiger partial charge in [0.2, 0.25) is 0 Å². The summed E-state index contributed by atoms with van der Waals surface area (Å²) in [5, 5.41) is 22.7. The second-order valence-electron chi connectivity index (χ2n) is 20.9. The summed E-state index contributed by atoms with van der Waals surface area (Å²) in [6.07, 6.45) is 1.84. The van der Waals surface area contributed by atoms with Crippen molar-refractivity contribution in [2.24, 2.45) is 0 Å². The Morgan fingerprint density at radius 3 is 1.13 bits per heavy atom. The molecule has 0 aliphatic rings. The maximum Gasteiger partial charge on any atom is 0.153 e. The summed E-state index contributed by atoms with van der Waals surface area (Å²) in [6.45, 7) is 8.65. The number of aromatic nitrogens is 5. The van der Waals surface area contributed by atoms with Crippen LogP contribution in [0.2, 0.25) is 0 Å². The second kappa shape index (κ2) is 15.9. The molecule has 10 aromatic carbocycles. The van der Waals surface area contributed by atoms with E-state index in [1.165, 1.54) is 0 Å². The van der Waals surface area contributed by atoms with E-state index in [1.807, 2.05) is 18.3 Å². The highest BCUT2D eigenvalue weighted by molar-refractivity contribution is 6.19. The van der Waals surface area contributed by atoms with Crippen LogP contribution in [0.3, 0.4) is 0 Å². The number of nitrogens with zero attached hydrogens (tertiary/aromatic N) is 6. The lowest BCUT2D eigenvalue weighted by molar-refractivity contribution is 0.669. The van der Waals surface area contributed by atoms with Gasteiger partial charge in [0.25, 0.3) is 0 Å². The van der Waals surface area contributed by atoms with Gasteiger partial charge in [0, 0.05) is 65.8 Å². The SMILES string of the molecule is Cc1ccc2c3ccccc3n(-c3c(C#N)c(-n4c5ccccc5c5ccc(C)cc54)c(-n4c5ccccc5c5ccc(C)cc54)c(-c4cccc5c4oc4cccnc45)c3-n3c4ccccc4c4ccc(C)cc43)c2c1. The molecule has 0 atom stereocenters. The molecule has 16 aromatic rings. The third-order valence-corrected chi connectivity index (χ3v) is 16.2. The fraction of sp³-hybridized carbons (Fsp3) is 0.0571. The van der Waals surface area contributed by atoms with Crippen LogP contribution in [0, 0.1) is 39.0 Å². The Morgan fingerprint density at radius 2 is 0.727 bits per heavy atom.